The predicted molar refractivity (Wildman–Crippen MR) is 75.2 cm³/mol. The zero-order valence-electron chi connectivity index (χ0n) is 12.7. The van der Waals surface area contributed by atoms with Gasteiger partial charge in [0, 0.05) is 6.42 Å². The van der Waals surface area contributed by atoms with Gasteiger partial charge in [0.25, 0.3) is 0 Å². The normalized spacial score (nSPS) is 32.7. The van der Waals surface area contributed by atoms with Crippen molar-refractivity contribution in [3.05, 3.63) is 12.2 Å². The lowest BCUT2D eigenvalue weighted by Gasteiger charge is -2.31. The molecule has 0 aromatic heterocycles. The summed E-state index contributed by atoms with van der Waals surface area (Å²) >= 11 is 0. The SMILES string of the molecule is CCCCCC(=O)ON1C(O)CCC1ON1C(O)C=CC1O. The Labute approximate surface area is 129 Å². The van der Waals surface area contributed by atoms with Crippen LogP contribution in [0.5, 0.6) is 0 Å². The number of hydroxylamine groups is 4. The monoisotopic (exact) mass is 316 g/mol. The van der Waals surface area contributed by atoms with Gasteiger partial charge in [-0.15, -0.1) is 5.06 Å². The van der Waals surface area contributed by atoms with E-state index in [4.69, 9.17) is 9.68 Å². The van der Waals surface area contributed by atoms with Crippen molar-refractivity contribution >= 4 is 5.97 Å². The first kappa shape index (κ1) is 17.3. The van der Waals surface area contributed by atoms with Crippen LogP contribution in [0.2, 0.25) is 0 Å². The molecule has 0 aliphatic carbocycles. The number of rotatable bonds is 7. The number of hydrogen-bond donors (Lipinski definition) is 3. The van der Waals surface area contributed by atoms with Crippen LogP contribution in [0.15, 0.2) is 12.2 Å². The van der Waals surface area contributed by atoms with Crippen molar-refractivity contribution in [2.75, 3.05) is 0 Å². The van der Waals surface area contributed by atoms with E-state index in [0.29, 0.717) is 12.8 Å². The Bertz CT molecular complexity index is 393. The molecule has 126 valence electrons. The molecule has 2 aliphatic rings. The molecule has 22 heavy (non-hydrogen) atoms. The Morgan fingerprint density at radius 3 is 2.45 bits per heavy atom. The van der Waals surface area contributed by atoms with E-state index in [1.54, 1.807) is 0 Å². The lowest BCUT2D eigenvalue weighted by atomic mass is 10.2. The van der Waals surface area contributed by atoms with Crippen LogP contribution in [0.4, 0.5) is 0 Å². The third kappa shape index (κ3) is 4.25. The van der Waals surface area contributed by atoms with Crippen molar-refractivity contribution < 1.29 is 29.8 Å². The molecule has 3 N–H and O–H groups in total. The Balaban J connectivity index is 1.86. The fourth-order valence-electron chi connectivity index (χ4n) is 2.43. The first-order valence-corrected chi connectivity index (χ1v) is 7.69. The summed E-state index contributed by atoms with van der Waals surface area (Å²) < 4.78 is 0. The smallest absolute Gasteiger partial charge is 0.325 e. The van der Waals surface area contributed by atoms with Crippen LogP contribution in [0.1, 0.15) is 45.4 Å². The fourth-order valence-corrected chi connectivity index (χ4v) is 2.43. The van der Waals surface area contributed by atoms with E-state index in [1.807, 2.05) is 6.92 Å². The Morgan fingerprint density at radius 2 is 1.82 bits per heavy atom. The summed E-state index contributed by atoms with van der Waals surface area (Å²) in [5.74, 6) is -0.427. The molecule has 1 saturated heterocycles. The van der Waals surface area contributed by atoms with E-state index in [9.17, 15) is 20.1 Å². The summed E-state index contributed by atoms with van der Waals surface area (Å²) in [5, 5.41) is 31.3. The van der Waals surface area contributed by atoms with Gasteiger partial charge >= 0.3 is 5.97 Å². The van der Waals surface area contributed by atoms with E-state index >= 15 is 0 Å². The summed E-state index contributed by atoms with van der Waals surface area (Å²) in [6.07, 6.45) is 2.68. The van der Waals surface area contributed by atoms with Crippen LogP contribution < -0.4 is 0 Å². The van der Waals surface area contributed by atoms with Crippen molar-refractivity contribution in [3.63, 3.8) is 0 Å². The topological polar surface area (TPSA) is 103 Å². The molecule has 2 heterocycles. The maximum atomic E-state index is 11.8. The minimum absolute atomic E-state index is 0.278. The number of carbonyl (C=O) groups is 1. The van der Waals surface area contributed by atoms with Crippen LogP contribution in [0.25, 0.3) is 0 Å². The molecule has 1 fully saturated rings. The van der Waals surface area contributed by atoms with Crippen molar-refractivity contribution in [2.24, 2.45) is 0 Å². The maximum absolute atomic E-state index is 11.8. The Morgan fingerprint density at radius 1 is 1.14 bits per heavy atom. The van der Waals surface area contributed by atoms with Crippen molar-refractivity contribution in [2.45, 2.75) is 70.4 Å². The van der Waals surface area contributed by atoms with Gasteiger partial charge < -0.3 is 20.2 Å². The van der Waals surface area contributed by atoms with Gasteiger partial charge in [-0.3, -0.25) is 9.63 Å². The maximum Gasteiger partial charge on any atom is 0.325 e. The van der Waals surface area contributed by atoms with E-state index in [0.717, 1.165) is 29.4 Å². The second-order valence-corrected chi connectivity index (χ2v) is 5.47. The quantitative estimate of drug-likeness (QED) is 0.452. The van der Waals surface area contributed by atoms with Crippen LogP contribution in [0, 0.1) is 0 Å². The molecule has 8 heteroatoms. The van der Waals surface area contributed by atoms with Gasteiger partial charge in [-0.05, 0) is 31.4 Å². The molecule has 0 amide bonds. The highest BCUT2D eigenvalue weighted by atomic mass is 16.8. The summed E-state index contributed by atoms with van der Waals surface area (Å²) in [4.78, 5) is 22.4. The standard InChI is InChI=1S/C14H24N2O6/c1-2-3-4-5-14(20)22-16-12(19)8-9-13(16)21-15-10(17)6-7-11(15)18/h6-7,10-13,17-19H,2-5,8-9H2,1H3. The zero-order valence-corrected chi connectivity index (χ0v) is 12.7. The van der Waals surface area contributed by atoms with Crippen molar-refractivity contribution in [1.82, 2.24) is 10.1 Å². The highest BCUT2D eigenvalue weighted by molar-refractivity contribution is 5.68. The Kier molecular flexibility index (Phi) is 6.30. The third-order valence-electron chi connectivity index (χ3n) is 3.66. The van der Waals surface area contributed by atoms with Crippen LogP contribution in [-0.4, -0.2) is 56.3 Å². The molecule has 8 nitrogen and oxygen atoms in total. The summed E-state index contributed by atoms with van der Waals surface area (Å²) in [6, 6.07) is 0. The van der Waals surface area contributed by atoms with Crippen LogP contribution in [-0.2, 0) is 14.5 Å². The molecule has 0 aromatic rings. The van der Waals surface area contributed by atoms with E-state index < -0.39 is 30.9 Å². The molecule has 4 atom stereocenters. The average molecular weight is 316 g/mol. The fraction of sp³-hybridized carbons (Fsp3) is 0.786. The summed E-state index contributed by atoms with van der Waals surface area (Å²) in [6.45, 7) is 2.04. The van der Waals surface area contributed by atoms with Crippen LogP contribution >= 0.6 is 0 Å². The number of hydrogen-bond acceptors (Lipinski definition) is 8. The number of carbonyl (C=O) groups excluding carboxylic acids is 1. The second kappa shape index (κ2) is 8.00. The molecular formula is C14H24N2O6. The van der Waals surface area contributed by atoms with E-state index in [2.05, 4.69) is 0 Å². The van der Waals surface area contributed by atoms with Gasteiger partial charge in [0.2, 0.25) is 0 Å². The minimum atomic E-state index is -1.07. The predicted octanol–water partition coefficient (Wildman–Crippen LogP) is 0.205. The summed E-state index contributed by atoms with van der Waals surface area (Å²) in [7, 11) is 0. The number of nitrogens with zero attached hydrogens (tertiary/aromatic N) is 2. The van der Waals surface area contributed by atoms with E-state index in [-0.39, 0.29) is 6.42 Å². The van der Waals surface area contributed by atoms with E-state index in [1.165, 1.54) is 12.2 Å². The lowest BCUT2D eigenvalue weighted by Crippen LogP contribution is -2.46. The first-order valence-electron chi connectivity index (χ1n) is 7.69. The second-order valence-electron chi connectivity index (χ2n) is 5.47. The third-order valence-corrected chi connectivity index (χ3v) is 3.66. The zero-order chi connectivity index (χ0) is 16.1. The lowest BCUT2D eigenvalue weighted by molar-refractivity contribution is -0.359. The molecule has 4 unspecified atom stereocenters. The first-order chi connectivity index (χ1) is 10.5. The molecule has 2 aliphatic heterocycles. The van der Waals surface area contributed by atoms with Gasteiger partial charge in [-0.25, -0.2) is 0 Å². The molecule has 2 rings (SSSR count). The molecule has 0 saturated carbocycles. The van der Waals surface area contributed by atoms with Gasteiger partial charge in [0.15, 0.2) is 18.7 Å². The molecule has 0 bridgehead atoms. The minimum Gasteiger partial charge on any atom is -0.375 e. The largest absolute Gasteiger partial charge is 0.375 e. The highest BCUT2D eigenvalue weighted by Gasteiger charge is 2.40. The molecule has 0 radical (unpaired) electrons. The van der Waals surface area contributed by atoms with Crippen molar-refractivity contribution in [1.29, 1.82) is 0 Å². The van der Waals surface area contributed by atoms with Crippen molar-refractivity contribution in [3.8, 4) is 0 Å². The van der Waals surface area contributed by atoms with Gasteiger partial charge in [-0.2, -0.15) is 0 Å². The number of aliphatic hydroxyl groups is 3. The molecular weight excluding hydrogens is 292 g/mol. The number of unbranched alkanes of at least 4 members (excludes halogenated alkanes) is 2. The molecule has 0 aromatic carbocycles. The summed E-state index contributed by atoms with van der Waals surface area (Å²) in [5.41, 5.74) is 0. The van der Waals surface area contributed by atoms with Crippen LogP contribution in [0.3, 0.4) is 0 Å². The number of aliphatic hydroxyl groups excluding tert-OH is 3. The molecule has 0 spiro atoms. The van der Waals surface area contributed by atoms with Gasteiger partial charge in [0.1, 0.15) is 6.23 Å². The van der Waals surface area contributed by atoms with Gasteiger partial charge in [-0.1, -0.05) is 24.8 Å². The average Bonchev–Trinajstić information content (AvgIpc) is 2.98. The Hall–Kier alpha value is -1.03. The van der Waals surface area contributed by atoms with Gasteiger partial charge in [0.05, 0.1) is 0 Å². The highest BCUT2D eigenvalue weighted by Crippen LogP contribution is 2.27.